The summed E-state index contributed by atoms with van der Waals surface area (Å²) in [5, 5.41) is 35.0. The van der Waals surface area contributed by atoms with Gasteiger partial charge in [-0.1, -0.05) is 5.16 Å². The van der Waals surface area contributed by atoms with Crippen LogP contribution in [0.4, 0.5) is 5.13 Å². The van der Waals surface area contributed by atoms with Gasteiger partial charge in [0.05, 0.1) is 0 Å². The van der Waals surface area contributed by atoms with Gasteiger partial charge < -0.3 is 26.9 Å². The molecule has 2 aliphatic rings. The molecule has 30 heavy (non-hydrogen) atoms. The van der Waals surface area contributed by atoms with Crippen LogP contribution < -0.4 is 46.1 Å². The number of aliphatic carboxylic acids is 1. The Kier molecular flexibility index (Phi) is 9.02. The maximum Gasteiger partial charge on any atom is 1.00 e. The van der Waals surface area contributed by atoms with E-state index in [2.05, 4.69) is 15.1 Å². The number of carbonyl (C=O) groups is 2. The topological polar surface area (TPSA) is 191 Å². The third kappa shape index (κ3) is 4.95. The number of aliphatic imine (C=N–C) groups is 1. The van der Waals surface area contributed by atoms with E-state index in [1.165, 1.54) is 28.9 Å². The van der Waals surface area contributed by atoms with Gasteiger partial charge >= 0.3 is 35.5 Å². The minimum absolute atomic E-state index is 0. The second-order valence-electron chi connectivity index (χ2n) is 5.88. The van der Waals surface area contributed by atoms with E-state index in [1.807, 2.05) is 0 Å². The first-order valence-corrected chi connectivity index (χ1v) is 11.2. The van der Waals surface area contributed by atoms with Gasteiger partial charge in [0.2, 0.25) is 0 Å². The van der Waals surface area contributed by atoms with Crippen LogP contribution in [0, 0.1) is 0 Å². The molecular weight excluding hydrogens is 463 g/mol. The van der Waals surface area contributed by atoms with Crippen LogP contribution in [0.3, 0.4) is 0 Å². The van der Waals surface area contributed by atoms with Crippen LogP contribution >= 0.6 is 34.9 Å². The number of carboxylic acid groups (broad SMARTS) is 1. The number of amides is 1. The fraction of sp³-hybridized carbons (Fsp3) is 0.400. The van der Waals surface area contributed by atoms with E-state index in [0.29, 0.717) is 23.0 Å². The van der Waals surface area contributed by atoms with Crippen LogP contribution in [0.5, 0.6) is 0 Å². The molecule has 3 rings (SSSR count). The molecule has 0 spiro atoms. The maximum atomic E-state index is 12.6. The van der Waals surface area contributed by atoms with Crippen molar-refractivity contribution in [2.75, 3.05) is 23.8 Å². The summed E-state index contributed by atoms with van der Waals surface area (Å²) in [5.41, 5.74) is 10.5. The molecule has 2 atom stereocenters. The van der Waals surface area contributed by atoms with Gasteiger partial charge in [-0.3, -0.25) is 14.7 Å². The second-order valence-corrected chi connectivity index (χ2v) is 9.06. The molecule has 11 nitrogen and oxygen atoms in total. The first kappa shape index (κ1) is 25.0. The van der Waals surface area contributed by atoms with E-state index >= 15 is 0 Å². The third-order valence-corrected chi connectivity index (χ3v) is 7.36. The summed E-state index contributed by atoms with van der Waals surface area (Å²) in [7, 11) is 0. The van der Waals surface area contributed by atoms with Crippen molar-refractivity contribution in [1.29, 1.82) is 0 Å². The average molecular weight is 481 g/mol. The van der Waals surface area contributed by atoms with Crippen molar-refractivity contribution < 1.29 is 54.6 Å². The van der Waals surface area contributed by atoms with E-state index in [9.17, 15) is 19.8 Å². The number of oxime groups is 1. The van der Waals surface area contributed by atoms with Crippen molar-refractivity contribution >= 4 is 63.5 Å². The number of rotatable bonds is 8. The van der Waals surface area contributed by atoms with Crippen LogP contribution in [0.25, 0.3) is 0 Å². The molecule has 156 valence electrons. The van der Waals surface area contributed by atoms with Crippen LogP contribution in [0.2, 0.25) is 0 Å². The van der Waals surface area contributed by atoms with Gasteiger partial charge in [-0.15, -0.1) is 34.9 Å². The quantitative estimate of drug-likeness (QED) is 0.0548. The molecule has 1 aromatic heterocycles. The summed E-state index contributed by atoms with van der Waals surface area (Å²) in [4.78, 5) is 33.8. The normalized spacial score (nSPS) is 21.8. The Morgan fingerprint density at radius 3 is 2.80 bits per heavy atom. The van der Waals surface area contributed by atoms with Crippen LogP contribution in [0.15, 0.2) is 26.1 Å². The Morgan fingerprint density at radius 1 is 1.50 bits per heavy atom. The number of carbonyl (C=O) groups excluding carboxylic acids is 1. The van der Waals surface area contributed by atoms with Crippen molar-refractivity contribution in [1.82, 2.24) is 9.88 Å². The molecule has 0 aromatic carbocycles. The summed E-state index contributed by atoms with van der Waals surface area (Å²) in [5.74, 6) is -1.70. The Labute approximate surface area is 206 Å². The van der Waals surface area contributed by atoms with Crippen LogP contribution in [-0.4, -0.2) is 73.1 Å². The zero-order valence-corrected chi connectivity index (χ0v) is 20.3. The zero-order valence-electron chi connectivity index (χ0n) is 15.8. The predicted octanol–water partition coefficient (Wildman–Crippen LogP) is -3.67. The van der Waals surface area contributed by atoms with Gasteiger partial charge in [0.25, 0.3) is 5.91 Å². The molecule has 1 amide bonds. The Bertz CT molecular complexity index is 920. The molecule has 3 heterocycles. The van der Waals surface area contributed by atoms with Gasteiger partial charge in [-0.2, -0.15) is 0 Å². The predicted molar refractivity (Wildman–Crippen MR) is 110 cm³/mol. The van der Waals surface area contributed by atoms with Crippen LogP contribution in [-0.2, 0) is 9.59 Å². The van der Waals surface area contributed by atoms with Gasteiger partial charge in [0, 0.05) is 21.9 Å². The number of anilines is 1. The number of carboxylic acids is 1. The number of hydrogen-bond acceptors (Lipinski definition) is 12. The van der Waals surface area contributed by atoms with Gasteiger partial charge in [-0.25, -0.2) is 9.78 Å². The summed E-state index contributed by atoms with van der Waals surface area (Å²) in [6.07, 6.45) is 0.722. The minimum atomic E-state index is -1.21. The molecular formula is C15H17N6NaO5S3. The number of nitrogens with zero attached hydrogens (tertiary/aromatic N) is 4. The SMILES string of the molecule is NCCCSC1=C(C(=O)O)N2C(=O)[C@@H](N=C([O-])/C(=N/O)c3csc(N)n3)[C@H]2SC1.[Na+]. The van der Waals surface area contributed by atoms with Gasteiger partial charge in [0.1, 0.15) is 22.5 Å². The molecule has 0 aliphatic carbocycles. The number of aromatic nitrogens is 1. The summed E-state index contributed by atoms with van der Waals surface area (Å²) in [6, 6.07) is -1.06. The minimum Gasteiger partial charge on any atom is -0.857 e. The summed E-state index contributed by atoms with van der Waals surface area (Å²) < 4.78 is 0. The van der Waals surface area contributed by atoms with Gasteiger partial charge in [0.15, 0.2) is 11.2 Å². The smallest absolute Gasteiger partial charge is 0.857 e. The monoisotopic (exact) mass is 480 g/mol. The number of β-lactam (4-membered cyclic amide) rings is 1. The van der Waals surface area contributed by atoms with E-state index in [0.717, 1.165) is 22.7 Å². The molecule has 0 bridgehead atoms. The summed E-state index contributed by atoms with van der Waals surface area (Å²) in [6.45, 7) is 0.490. The van der Waals surface area contributed by atoms with Crippen molar-refractivity contribution in [2.24, 2.45) is 15.9 Å². The maximum absolute atomic E-state index is 12.6. The van der Waals surface area contributed by atoms with Crippen molar-refractivity contribution in [3.05, 3.63) is 21.7 Å². The number of thioether (sulfide) groups is 2. The molecule has 15 heteroatoms. The Balaban J connectivity index is 0.00000320. The summed E-state index contributed by atoms with van der Waals surface area (Å²) >= 11 is 3.74. The number of nitrogen functional groups attached to an aromatic ring is 1. The van der Waals surface area contributed by atoms with E-state index < -0.39 is 34.9 Å². The van der Waals surface area contributed by atoms with E-state index in [-0.39, 0.29) is 46.1 Å². The zero-order chi connectivity index (χ0) is 21.1. The Morgan fingerprint density at radius 2 is 2.23 bits per heavy atom. The largest absolute Gasteiger partial charge is 1.00 e. The van der Waals surface area contributed by atoms with Crippen molar-refractivity contribution in [3.63, 3.8) is 0 Å². The molecule has 0 radical (unpaired) electrons. The first-order chi connectivity index (χ1) is 13.9. The first-order valence-electron chi connectivity index (χ1n) is 8.31. The third-order valence-electron chi connectivity index (χ3n) is 4.06. The number of thiazole rings is 1. The molecule has 0 saturated carbocycles. The molecule has 1 saturated heterocycles. The van der Waals surface area contributed by atoms with Crippen LogP contribution in [0.1, 0.15) is 12.1 Å². The standard InChI is InChI=1S/C15H18N6O5S3.Na/c16-2-1-3-27-7-5-28-13-9(12(23)21(13)10(7)14(24)25)19-11(22)8(20-26)6-4-29-15(17)18-6;/h4,9,13,26H,1-3,5,16H2,(H2,17,18)(H,19,22)(H,24,25);/q;+1/p-1/b20-8+;/t9-,13-;/m1./s1. The van der Waals surface area contributed by atoms with Gasteiger partial charge in [-0.05, 0) is 18.7 Å². The molecule has 2 aliphatic heterocycles. The fourth-order valence-electron chi connectivity index (χ4n) is 2.73. The Hall–Kier alpha value is -1.29. The molecule has 1 fully saturated rings. The van der Waals surface area contributed by atoms with Crippen molar-refractivity contribution in [2.45, 2.75) is 17.8 Å². The average Bonchev–Trinajstić information content (AvgIpc) is 3.12. The number of fused-ring (bicyclic) bond motifs is 1. The van der Waals surface area contributed by atoms with E-state index in [1.54, 1.807) is 0 Å². The molecule has 1 aromatic rings. The van der Waals surface area contributed by atoms with Crippen molar-refractivity contribution in [3.8, 4) is 0 Å². The fourth-order valence-corrected chi connectivity index (χ4v) is 5.88. The number of nitrogens with two attached hydrogens (primary N) is 2. The molecule has 6 N–H and O–H groups in total. The number of hydrogen-bond donors (Lipinski definition) is 4. The molecule has 0 unspecified atom stereocenters. The van der Waals surface area contributed by atoms with E-state index in [4.69, 9.17) is 16.7 Å². The second kappa shape index (κ2) is 10.8.